The Bertz CT molecular complexity index is 714. The molecule has 0 aliphatic rings. The molecular weight excluding hydrogens is 350 g/mol. The van der Waals surface area contributed by atoms with E-state index >= 15 is 0 Å². The zero-order chi connectivity index (χ0) is 14.8. The monoisotopic (exact) mass is 361 g/mol. The summed E-state index contributed by atoms with van der Waals surface area (Å²) in [5, 5.41) is 3.58. The van der Waals surface area contributed by atoms with Crippen molar-refractivity contribution in [1.29, 1.82) is 0 Å². The normalized spacial score (nSPS) is 11.6. The van der Waals surface area contributed by atoms with Crippen LogP contribution in [0.15, 0.2) is 32.1 Å². The molecule has 1 aromatic carbocycles. The number of sulfonamides is 1. The Labute approximate surface area is 124 Å². The molecule has 7 nitrogen and oxygen atoms in total. The first-order valence-electron chi connectivity index (χ1n) is 5.55. The topological polar surface area (TPSA) is 94.3 Å². The van der Waals surface area contributed by atoms with Gasteiger partial charge in [-0.05, 0) is 25.1 Å². The van der Waals surface area contributed by atoms with Crippen LogP contribution in [0.5, 0.6) is 5.75 Å². The van der Waals surface area contributed by atoms with E-state index in [0.29, 0.717) is 10.3 Å². The van der Waals surface area contributed by atoms with E-state index in [9.17, 15) is 8.42 Å². The van der Waals surface area contributed by atoms with Gasteiger partial charge in [-0.1, -0.05) is 21.1 Å². The lowest BCUT2D eigenvalue weighted by atomic mass is 10.3. The second-order valence-electron chi connectivity index (χ2n) is 3.86. The van der Waals surface area contributed by atoms with Crippen molar-refractivity contribution in [2.75, 3.05) is 7.11 Å². The molecule has 0 saturated heterocycles. The molecule has 0 atom stereocenters. The van der Waals surface area contributed by atoms with Gasteiger partial charge in [-0.3, -0.25) is 0 Å². The number of hydrogen-bond donors (Lipinski definition) is 1. The van der Waals surface area contributed by atoms with Crippen LogP contribution in [-0.4, -0.2) is 25.7 Å². The second kappa shape index (κ2) is 5.90. The van der Waals surface area contributed by atoms with Crippen LogP contribution in [0.3, 0.4) is 0 Å². The van der Waals surface area contributed by atoms with Crippen molar-refractivity contribution >= 4 is 26.0 Å². The lowest BCUT2D eigenvalue weighted by Gasteiger charge is -2.10. The molecule has 0 amide bonds. The van der Waals surface area contributed by atoms with Gasteiger partial charge in [0.1, 0.15) is 10.6 Å². The van der Waals surface area contributed by atoms with Crippen molar-refractivity contribution in [3.8, 4) is 5.75 Å². The summed E-state index contributed by atoms with van der Waals surface area (Å²) in [5.74, 6) is 0.890. The molecule has 0 unspecified atom stereocenters. The van der Waals surface area contributed by atoms with Crippen molar-refractivity contribution < 1.29 is 17.7 Å². The van der Waals surface area contributed by atoms with Gasteiger partial charge in [-0.15, -0.1) is 0 Å². The van der Waals surface area contributed by atoms with Crippen LogP contribution in [-0.2, 0) is 16.6 Å². The number of benzene rings is 1. The van der Waals surface area contributed by atoms with Gasteiger partial charge in [0.25, 0.3) is 0 Å². The Morgan fingerprint density at radius 2 is 2.20 bits per heavy atom. The summed E-state index contributed by atoms with van der Waals surface area (Å²) in [4.78, 5) is 3.96. The summed E-state index contributed by atoms with van der Waals surface area (Å²) in [6.45, 7) is 1.57. The largest absolute Gasteiger partial charge is 0.495 e. The van der Waals surface area contributed by atoms with Crippen LogP contribution in [0.4, 0.5) is 0 Å². The molecule has 1 heterocycles. The van der Waals surface area contributed by atoms with E-state index in [0.717, 1.165) is 0 Å². The standard InChI is InChI=1S/C11H12BrN3O4S/c1-7-14-11(19-15-7)6-13-20(16,17)10-5-8(12)3-4-9(10)18-2/h3-5,13H,6H2,1-2H3. The highest BCUT2D eigenvalue weighted by atomic mass is 79.9. The van der Waals surface area contributed by atoms with E-state index in [-0.39, 0.29) is 23.1 Å². The second-order valence-corrected chi connectivity index (χ2v) is 6.51. The van der Waals surface area contributed by atoms with Gasteiger partial charge in [-0.2, -0.15) is 4.98 Å². The van der Waals surface area contributed by atoms with Crippen LogP contribution in [0.2, 0.25) is 0 Å². The molecule has 9 heteroatoms. The van der Waals surface area contributed by atoms with Gasteiger partial charge in [0.05, 0.1) is 13.7 Å². The molecule has 1 N–H and O–H groups in total. The lowest BCUT2D eigenvalue weighted by Crippen LogP contribution is -2.24. The highest BCUT2D eigenvalue weighted by Gasteiger charge is 2.20. The van der Waals surface area contributed by atoms with Crippen LogP contribution < -0.4 is 9.46 Å². The predicted octanol–water partition coefficient (Wildman–Crippen LogP) is 1.63. The van der Waals surface area contributed by atoms with Crippen molar-refractivity contribution in [3.63, 3.8) is 0 Å². The SMILES string of the molecule is COc1ccc(Br)cc1S(=O)(=O)NCc1nc(C)no1. The first-order valence-corrected chi connectivity index (χ1v) is 7.82. The maximum Gasteiger partial charge on any atom is 0.244 e. The van der Waals surface area contributed by atoms with Crippen molar-refractivity contribution in [2.45, 2.75) is 18.4 Å². The summed E-state index contributed by atoms with van der Waals surface area (Å²) in [5.41, 5.74) is 0. The minimum absolute atomic E-state index is 0.0330. The van der Waals surface area contributed by atoms with E-state index < -0.39 is 10.0 Å². The fraction of sp³-hybridized carbons (Fsp3) is 0.273. The Kier molecular flexibility index (Phi) is 4.41. The first-order chi connectivity index (χ1) is 9.42. The molecule has 2 rings (SSSR count). The predicted molar refractivity (Wildman–Crippen MR) is 73.8 cm³/mol. The van der Waals surface area contributed by atoms with Crippen LogP contribution in [0, 0.1) is 6.92 Å². The van der Waals surface area contributed by atoms with E-state index in [1.807, 2.05) is 0 Å². The fourth-order valence-electron chi connectivity index (χ4n) is 1.51. The van der Waals surface area contributed by atoms with E-state index in [1.54, 1.807) is 19.1 Å². The molecule has 0 radical (unpaired) electrons. The lowest BCUT2D eigenvalue weighted by molar-refractivity contribution is 0.371. The average molecular weight is 362 g/mol. The molecule has 0 bridgehead atoms. The van der Waals surface area contributed by atoms with E-state index in [4.69, 9.17) is 9.26 Å². The summed E-state index contributed by atoms with van der Waals surface area (Å²) in [7, 11) is -2.34. The number of halogens is 1. The molecule has 2 aromatic rings. The van der Waals surface area contributed by atoms with Crippen molar-refractivity contribution in [1.82, 2.24) is 14.9 Å². The van der Waals surface area contributed by atoms with Gasteiger partial charge < -0.3 is 9.26 Å². The molecular formula is C11H12BrN3O4S. The highest BCUT2D eigenvalue weighted by molar-refractivity contribution is 9.10. The minimum Gasteiger partial charge on any atom is -0.495 e. The third kappa shape index (κ3) is 3.35. The molecule has 0 spiro atoms. The van der Waals surface area contributed by atoms with E-state index in [2.05, 4.69) is 30.8 Å². The molecule has 1 aromatic heterocycles. The molecule has 20 heavy (non-hydrogen) atoms. The van der Waals surface area contributed by atoms with Crippen LogP contribution in [0.25, 0.3) is 0 Å². The number of aryl methyl sites for hydroxylation is 1. The highest BCUT2D eigenvalue weighted by Crippen LogP contribution is 2.27. The fourth-order valence-corrected chi connectivity index (χ4v) is 3.19. The maximum atomic E-state index is 12.2. The number of ether oxygens (including phenoxy) is 1. The Morgan fingerprint density at radius 1 is 1.45 bits per heavy atom. The van der Waals surface area contributed by atoms with Gasteiger partial charge in [0.15, 0.2) is 5.82 Å². The molecule has 0 aliphatic heterocycles. The van der Waals surface area contributed by atoms with Crippen LogP contribution >= 0.6 is 15.9 Å². The molecule has 0 fully saturated rings. The number of nitrogens with zero attached hydrogens (tertiary/aromatic N) is 2. The Balaban J connectivity index is 2.24. The number of nitrogens with one attached hydrogen (secondary N) is 1. The molecule has 0 saturated carbocycles. The molecule has 0 aliphatic carbocycles. The third-order valence-electron chi connectivity index (χ3n) is 2.40. The van der Waals surface area contributed by atoms with Gasteiger partial charge in [-0.25, -0.2) is 13.1 Å². The summed E-state index contributed by atoms with van der Waals surface area (Å²) < 4.78 is 37.4. The minimum atomic E-state index is -3.75. The summed E-state index contributed by atoms with van der Waals surface area (Å²) >= 11 is 3.23. The van der Waals surface area contributed by atoms with Crippen LogP contribution in [0.1, 0.15) is 11.7 Å². The van der Waals surface area contributed by atoms with Gasteiger partial charge in [0, 0.05) is 4.47 Å². The molecule has 108 valence electrons. The number of hydrogen-bond acceptors (Lipinski definition) is 6. The Morgan fingerprint density at radius 3 is 2.80 bits per heavy atom. The number of rotatable bonds is 5. The number of aromatic nitrogens is 2. The first kappa shape index (κ1) is 14.9. The zero-order valence-electron chi connectivity index (χ0n) is 10.8. The zero-order valence-corrected chi connectivity index (χ0v) is 13.2. The van der Waals surface area contributed by atoms with E-state index in [1.165, 1.54) is 13.2 Å². The Hall–Kier alpha value is -1.45. The number of methoxy groups -OCH3 is 1. The third-order valence-corrected chi connectivity index (χ3v) is 4.31. The smallest absolute Gasteiger partial charge is 0.244 e. The summed E-state index contributed by atoms with van der Waals surface area (Å²) in [6.07, 6.45) is 0. The quantitative estimate of drug-likeness (QED) is 0.869. The maximum absolute atomic E-state index is 12.2. The van der Waals surface area contributed by atoms with Crippen molar-refractivity contribution in [2.24, 2.45) is 0 Å². The van der Waals surface area contributed by atoms with Gasteiger partial charge >= 0.3 is 0 Å². The van der Waals surface area contributed by atoms with Gasteiger partial charge in [0.2, 0.25) is 15.9 Å². The van der Waals surface area contributed by atoms with Crippen molar-refractivity contribution in [3.05, 3.63) is 34.4 Å². The summed E-state index contributed by atoms with van der Waals surface area (Å²) in [6, 6.07) is 4.72. The average Bonchev–Trinajstić information content (AvgIpc) is 2.82.